The minimum absolute atomic E-state index is 0.0594. The molecule has 356 valence electrons. The van der Waals surface area contributed by atoms with Gasteiger partial charge in [-0.15, -0.1) is 0 Å². The fraction of sp³-hybridized carbons (Fsp3) is 1.00. The molecule has 0 saturated carbocycles. The normalized spacial score (nSPS) is 37.1. The molecule has 0 unspecified atom stereocenters. The van der Waals surface area contributed by atoms with Gasteiger partial charge in [0, 0.05) is 107 Å². The molecule has 0 radical (unpaired) electrons. The Morgan fingerprint density at radius 2 is 0.667 bits per heavy atom. The van der Waals surface area contributed by atoms with Crippen molar-refractivity contribution in [1.29, 1.82) is 0 Å². The molecule has 0 N–H and O–H groups in total. The summed E-state index contributed by atoms with van der Waals surface area (Å²) >= 11 is 0. The van der Waals surface area contributed by atoms with E-state index < -0.39 is 117 Å². The van der Waals surface area contributed by atoms with Crippen LogP contribution in [0.5, 0.6) is 0 Å². The molecule has 3 aliphatic heterocycles. The molecular weight excluding hydrogens is 804 g/mol. The van der Waals surface area contributed by atoms with E-state index in [0.717, 1.165) is 0 Å². The summed E-state index contributed by atoms with van der Waals surface area (Å²) in [4.78, 5) is 0. The van der Waals surface area contributed by atoms with Crippen LogP contribution in [-0.4, -0.2) is 256 Å². The molecule has 19 atom stereocenters. The summed E-state index contributed by atoms with van der Waals surface area (Å²) in [5.41, 5.74) is 0. The number of methoxy groups -OCH3 is 15. The van der Waals surface area contributed by atoms with Crippen molar-refractivity contribution in [3.05, 3.63) is 0 Å². The van der Waals surface area contributed by atoms with Gasteiger partial charge in [-0.3, -0.25) is 0 Å². The summed E-state index contributed by atoms with van der Waals surface area (Å²) in [6.45, 7) is 0.706. The van der Waals surface area contributed by atoms with Gasteiger partial charge in [0.25, 0.3) is 0 Å². The maximum Gasteiger partial charge on any atom is 0.187 e. The fourth-order valence-corrected chi connectivity index (χ4v) is 8.28. The van der Waals surface area contributed by atoms with Crippen molar-refractivity contribution in [3.63, 3.8) is 0 Å². The SMILES string of the molecule is COC[C@H](OC)[C@@H](OC)[C@@H](O[C@H]1O[C@H](COC)[C@H](O[C@H]2O[C@H](COC)[C@H](O[C@H]3O[C@H](COC)[C@H](OC)[C@H](OC)[C@H]3OC)[C@H](OC)[C@H]2OC)[C@H](OC)[C@H]1OC)[C@@H](COC)OC. The van der Waals surface area contributed by atoms with Crippen molar-refractivity contribution in [2.24, 2.45) is 0 Å². The van der Waals surface area contributed by atoms with Crippen molar-refractivity contribution < 1.29 is 99.5 Å². The van der Waals surface area contributed by atoms with Crippen molar-refractivity contribution >= 4 is 0 Å². The number of hydrogen-bond donors (Lipinski definition) is 0. The standard InChI is InChI=1S/C39H74O21/c1-40-16-21(45-6)26(47-8)28(22(46-7)17-41-2)58-38-35(53-14)32(50-11)30(24(56-38)19-43-4)60-39-36(54-15)33(51-12)29(25(57-39)20-44-5)59-37-34(52-13)31(49-10)27(48-9)23(55-37)18-42-3/h21-39H,16-20H2,1-15H3/t21-,22+,23+,24+,25+,26+,27-,28-,29-,30-,31-,32-,33-,34+,35+,36+,37+,38+,39+/m0/s1. The zero-order valence-electron chi connectivity index (χ0n) is 38.1. The molecule has 3 rings (SSSR count). The maximum absolute atomic E-state index is 6.84. The monoisotopic (exact) mass is 878 g/mol. The van der Waals surface area contributed by atoms with Crippen LogP contribution in [0.25, 0.3) is 0 Å². The van der Waals surface area contributed by atoms with Crippen LogP contribution in [0.1, 0.15) is 0 Å². The second-order valence-corrected chi connectivity index (χ2v) is 14.4. The largest absolute Gasteiger partial charge is 0.382 e. The molecule has 0 aliphatic carbocycles. The molecule has 3 aliphatic rings. The highest BCUT2D eigenvalue weighted by Crippen LogP contribution is 2.37. The second-order valence-electron chi connectivity index (χ2n) is 14.4. The highest BCUT2D eigenvalue weighted by molar-refractivity contribution is 4.99. The van der Waals surface area contributed by atoms with Gasteiger partial charge in [0.2, 0.25) is 0 Å². The predicted octanol–water partition coefficient (Wildman–Crippen LogP) is -0.301. The van der Waals surface area contributed by atoms with Crippen LogP contribution < -0.4 is 0 Å². The molecule has 3 heterocycles. The van der Waals surface area contributed by atoms with Gasteiger partial charge >= 0.3 is 0 Å². The van der Waals surface area contributed by atoms with E-state index in [0.29, 0.717) is 0 Å². The summed E-state index contributed by atoms with van der Waals surface area (Å²) in [6, 6.07) is 0. The van der Waals surface area contributed by atoms with E-state index in [9.17, 15) is 0 Å². The first-order chi connectivity index (χ1) is 29.1. The highest BCUT2D eigenvalue weighted by atomic mass is 16.8. The molecule has 0 bridgehead atoms. The average Bonchev–Trinajstić information content (AvgIpc) is 3.25. The maximum atomic E-state index is 6.84. The molecule has 3 fully saturated rings. The summed E-state index contributed by atoms with van der Waals surface area (Å²) < 4.78 is 127. The van der Waals surface area contributed by atoms with Gasteiger partial charge < -0.3 is 99.5 Å². The van der Waals surface area contributed by atoms with Gasteiger partial charge in [-0.05, 0) is 0 Å². The first kappa shape index (κ1) is 53.5. The van der Waals surface area contributed by atoms with Crippen LogP contribution in [-0.2, 0) is 99.5 Å². The van der Waals surface area contributed by atoms with Crippen molar-refractivity contribution in [2.45, 2.75) is 117 Å². The fourth-order valence-electron chi connectivity index (χ4n) is 8.28. The summed E-state index contributed by atoms with van der Waals surface area (Å²) in [5, 5.41) is 0. The molecular formula is C39H74O21. The highest BCUT2D eigenvalue weighted by Gasteiger charge is 2.57. The molecule has 3 saturated heterocycles. The van der Waals surface area contributed by atoms with E-state index in [4.69, 9.17) is 99.5 Å². The van der Waals surface area contributed by atoms with Crippen molar-refractivity contribution in [3.8, 4) is 0 Å². The lowest BCUT2D eigenvalue weighted by Gasteiger charge is -2.51. The third-order valence-corrected chi connectivity index (χ3v) is 11.1. The Bertz CT molecular complexity index is 1110. The first-order valence-corrected chi connectivity index (χ1v) is 19.8. The van der Waals surface area contributed by atoms with Crippen LogP contribution in [0.4, 0.5) is 0 Å². The minimum atomic E-state index is -1.08. The van der Waals surface area contributed by atoms with Gasteiger partial charge in [0.05, 0.1) is 33.0 Å². The van der Waals surface area contributed by atoms with Gasteiger partial charge in [-0.1, -0.05) is 0 Å². The van der Waals surface area contributed by atoms with E-state index in [1.165, 1.54) is 21.3 Å². The Hall–Kier alpha value is -0.840. The minimum Gasteiger partial charge on any atom is -0.382 e. The molecule has 0 aromatic rings. The zero-order chi connectivity index (χ0) is 44.4. The van der Waals surface area contributed by atoms with Crippen LogP contribution in [0, 0.1) is 0 Å². The van der Waals surface area contributed by atoms with Crippen LogP contribution >= 0.6 is 0 Å². The van der Waals surface area contributed by atoms with Crippen LogP contribution in [0.3, 0.4) is 0 Å². The number of rotatable bonds is 29. The summed E-state index contributed by atoms with van der Waals surface area (Å²) in [7, 11) is 23.3. The van der Waals surface area contributed by atoms with E-state index in [1.54, 1.807) is 85.3 Å². The topological polar surface area (TPSA) is 194 Å². The van der Waals surface area contributed by atoms with Crippen molar-refractivity contribution in [1.82, 2.24) is 0 Å². The van der Waals surface area contributed by atoms with Crippen LogP contribution in [0.2, 0.25) is 0 Å². The average molecular weight is 879 g/mol. The van der Waals surface area contributed by atoms with E-state index >= 15 is 0 Å². The third kappa shape index (κ3) is 12.9. The Labute approximate surface area is 355 Å². The van der Waals surface area contributed by atoms with Gasteiger partial charge in [-0.2, -0.15) is 0 Å². The Morgan fingerprint density at radius 3 is 1.00 bits per heavy atom. The van der Waals surface area contributed by atoms with Crippen molar-refractivity contribution in [2.75, 3.05) is 140 Å². The molecule has 21 heteroatoms. The molecule has 60 heavy (non-hydrogen) atoms. The Kier molecular flexibility index (Phi) is 25.1. The van der Waals surface area contributed by atoms with Gasteiger partial charge in [0.15, 0.2) is 18.9 Å². The lowest BCUT2D eigenvalue weighted by molar-refractivity contribution is -0.390. The van der Waals surface area contributed by atoms with Gasteiger partial charge in [-0.25, -0.2) is 0 Å². The Balaban J connectivity index is 1.99. The quantitative estimate of drug-likeness (QED) is 0.0950. The van der Waals surface area contributed by atoms with E-state index in [2.05, 4.69) is 0 Å². The molecule has 0 aromatic carbocycles. The smallest absolute Gasteiger partial charge is 0.187 e. The van der Waals surface area contributed by atoms with E-state index in [1.807, 2.05) is 0 Å². The van der Waals surface area contributed by atoms with Crippen LogP contribution in [0.15, 0.2) is 0 Å². The second kappa shape index (κ2) is 28.2. The lowest BCUT2D eigenvalue weighted by Crippen LogP contribution is -2.68. The summed E-state index contributed by atoms with van der Waals surface area (Å²) in [5.74, 6) is 0. The third-order valence-electron chi connectivity index (χ3n) is 11.1. The molecule has 21 nitrogen and oxygen atoms in total. The Morgan fingerprint density at radius 1 is 0.333 bits per heavy atom. The number of hydrogen-bond acceptors (Lipinski definition) is 21. The van der Waals surface area contributed by atoms with Gasteiger partial charge in [0.1, 0.15) is 97.7 Å². The first-order valence-electron chi connectivity index (χ1n) is 19.8. The number of ether oxygens (including phenoxy) is 21. The van der Waals surface area contributed by atoms with E-state index in [-0.39, 0.29) is 33.0 Å². The zero-order valence-corrected chi connectivity index (χ0v) is 38.1. The lowest BCUT2D eigenvalue weighted by atomic mass is 9.95. The predicted molar refractivity (Wildman–Crippen MR) is 208 cm³/mol. The molecule has 0 spiro atoms. The molecule has 0 aromatic heterocycles. The summed E-state index contributed by atoms with van der Waals surface area (Å²) in [6.07, 6.45) is -14.8. The molecule has 0 amide bonds.